The summed E-state index contributed by atoms with van der Waals surface area (Å²) in [5.41, 5.74) is -0.114. The van der Waals surface area contributed by atoms with Crippen LogP contribution < -0.4 is 20.1 Å². The van der Waals surface area contributed by atoms with Crippen molar-refractivity contribution >= 4 is 11.7 Å². The molecule has 1 aromatic heterocycles. The number of aromatic nitrogens is 4. The number of nitrogens with one attached hydrogen (secondary N) is 2. The van der Waals surface area contributed by atoms with Crippen molar-refractivity contribution in [3.63, 3.8) is 0 Å². The van der Waals surface area contributed by atoms with E-state index < -0.39 is 36.0 Å². The van der Waals surface area contributed by atoms with E-state index in [1.54, 1.807) is 16.8 Å². The molecule has 0 spiro atoms. The van der Waals surface area contributed by atoms with E-state index in [1.165, 1.54) is 12.1 Å². The summed E-state index contributed by atoms with van der Waals surface area (Å²) < 4.78 is 63.1. The number of halogens is 3. The lowest BCUT2D eigenvalue weighted by atomic mass is 10.1. The molecule has 2 aromatic carbocycles. The van der Waals surface area contributed by atoms with Gasteiger partial charge in [0.25, 0.3) is 0 Å². The van der Waals surface area contributed by atoms with Crippen LogP contribution in [0.15, 0.2) is 42.5 Å². The lowest BCUT2D eigenvalue weighted by Gasteiger charge is -2.18. The fourth-order valence-electron chi connectivity index (χ4n) is 4.56. The number of nitrogens with zero attached hydrogens (tertiary/aromatic N) is 4. The topological polar surface area (TPSA) is 122 Å². The summed E-state index contributed by atoms with van der Waals surface area (Å²) >= 11 is 0. The van der Waals surface area contributed by atoms with Crippen LogP contribution in [0.4, 0.5) is 23.7 Å². The third kappa shape index (κ3) is 4.07. The summed E-state index contributed by atoms with van der Waals surface area (Å²) in [5.74, 6) is 1.72. The fourth-order valence-corrected chi connectivity index (χ4v) is 4.56. The molecular formula is C22H19F3N6O5. The van der Waals surface area contributed by atoms with Crippen molar-refractivity contribution in [1.82, 2.24) is 25.5 Å². The largest absolute Gasteiger partial charge is 0.454 e. The second-order valence-corrected chi connectivity index (χ2v) is 8.46. The van der Waals surface area contributed by atoms with Gasteiger partial charge in [-0.15, -0.1) is 5.10 Å². The van der Waals surface area contributed by atoms with Crippen LogP contribution in [0.5, 0.6) is 11.5 Å². The number of carbonyl (C=O) groups excluding carboxylic acids is 1. The first-order chi connectivity index (χ1) is 17.4. The Morgan fingerprint density at radius 1 is 1.03 bits per heavy atom. The highest BCUT2D eigenvalue weighted by Gasteiger charge is 2.50. The third-order valence-electron chi connectivity index (χ3n) is 6.23. The number of alkyl halides is 3. The molecule has 4 atom stereocenters. The van der Waals surface area contributed by atoms with E-state index in [0.717, 1.165) is 17.7 Å². The predicted molar refractivity (Wildman–Crippen MR) is 115 cm³/mol. The van der Waals surface area contributed by atoms with Gasteiger partial charge in [-0.3, -0.25) is 0 Å². The maximum Gasteiger partial charge on any atom is 0.416 e. The van der Waals surface area contributed by atoms with Gasteiger partial charge in [0, 0.05) is 11.3 Å². The molecule has 0 aliphatic carbocycles. The lowest BCUT2D eigenvalue weighted by molar-refractivity contribution is -0.137. The molecule has 3 aromatic rings. The molecule has 36 heavy (non-hydrogen) atoms. The minimum absolute atomic E-state index is 0.0186. The van der Waals surface area contributed by atoms with Gasteiger partial charge in [-0.2, -0.15) is 13.2 Å². The number of tetrazole rings is 1. The van der Waals surface area contributed by atoms with Crippen LogP contribution in [0.1, 0.15) is 11.6 Å². The molecule has 3 aliphatic heterocycles. The normalized spacial score (nSPS) is 24.5. The number of ether oxygens (including phenoxy) is 4. The summed E-state index contributed by atoms with van der Waals surface area (Å²) in [6, 6.07) is 8.24. The van der Waals surface area contributed by atoms with Gasteiger partial charge >= 0.3 is 12.2 Å². The van der Waals surface area contributed by atoms with Crippen molar-refractivity contribution in [3.05, 3.63) is 48.0 Å². The van der Waals surface area contributed by atoms with E-state index in [9.17, 15) is 18.0 Å². The molecule has 3 aliphatic rings. The Balaban J connectivity index is 1.13. The number of amides is 2. The molecule has 14 heteroatoms. The van der Waals surface area contributed by atoms with Crippen LogP contribution in [0.3, 0.4) is 0 Å². The molecule has 11 nitrogen and oxygen atoms in total. The second-order valence-electron chi connectivity index (χ2n) is 8.46. The van der Waals surface area contributed by atoms with Gasteiger partial charge in [0.2, 0.25) is 6.79 Å². The minimum atomic E-state index is -4.51. The average Bonchev–Trinajstić information content (AvgIpc) is 3.63. The van der Waals surface area contributed by atoms with E-state index in [4.69, 9.17) is 18.9 Å². The number of benzene rings is 2. The molecular weight excluding hydrogens is 485 g/mol. The first kappa shape index (κ1) is 22.5. The highest BCUT2D eigenvalue weighted by molar-refractivity contribution is 5.89. The van der Waals surface area contributed by atoms with Crippen LogP contribution >= 0.6 is 0 Å². The Bertz CT molecular complexity index is 1300. The van der Waals surface area contributed by atoms with E-state index >= 15 is 0 Å². The number of urea groups is 1. The maximum atomic E-state index is 12.9. The summed E-state index contributed by atoms with van der Waals surface area (Å²) in [6.07, 6.45) is -5.44. The molecule has 6 rings (SSSR count). The van der Waals surface area contributed by atoms with Gasteiger partial charge < -0.3 is 29.6 Å². The van der Waals surface area contributed by atoms with Gasteiger partial charge in [-0.1, -0.05) is 6.07 Å². The number of hydrogen-bond donors (Lipinski definition) is 2. The van der Waals surface area contributed by atoms with Gasteiger partial charge in [-0.25, -0.2) is 9.48 Å². The van der Waals surface area contributed by atoms with Crippen molar-refractivity contribution in [3.8, 4) is 22.9 Å². The van der Waals surface area contributed by atoms with Gasteiger partial charge in [0.05, 0.1) is 24.8 Å². The quantitative estimate of drug-likeness (QED) is 0.556. The lowest BCUT2D eigenvalue weighted by Crippen LogP contribution is -2.45. The smallest absolute Gasteiger partial charge is 0.416 e. The van der Waals surface area contributed by atoms with Crippen molar-refractivity contribution in [2.45, 2.75) is 30.5 Å². The zero-order chi connectivity index (χ0) is 24.9. The average molecular weight is 504 g/mol. The summed E-state index contributed by atoms with van der Waals surface area (Å²) in [5, 5.41) is 17.2. The number of carbonyl (C=O) groups is 1. The van der Waals surface area contributed by atoms with Gasteiger partial charge in [-0.05, 0) is 46.8 Å². The molecule has 188 valence electrons. The van der Waals surface area contributed by atoms with Crippen molar-refractivity contribution in [2.24, 2.45) is 0 Å². The third-order valence-corrected chi connectivity index (χ3v) is 6.23. The highest BCUT2D eigenvalue weighted by atomic mass is 19.4. The van der Waals surface area contributed by atoms with E-state index in [-0.39, 0.29) is 31.7 Å². The number of rotatable bonds is 4. The highest BCUT2D eigenvalue weighted by Crippen LogP contribution is 2.38. The van der Waals surface area contributed by atoms with E-state index in [0.29, 0.717) is 17.3 Å². The second kappa shape index (κ2) is 8.64. The molecule has 0 radical (unpaired) electrons. The van der Waals surface area contributed by atoms with Gasteiger partial charge in [0.15, 0.2) is 17.3 Å². The Labute approximate surface area is 201 Å². The maximum absolute atomic E-state index is 12.9. The van der Waals surface area contributed by atoms with Crippen molar-refractivity contribution < 1.29 is 36.9 Å². The molecule has 2 N–H and O–H groups in total. The Hall–Kier alpha value is -3.91. The molecule has 4 heterocycles. The van der Waals surface area contributed by atoms with Crippen molar-refractivity contribution in [2.75, 3.05) is 25.3 Å². The monoisotopic (exact) mass is 504 g/mol. The van der Waals surface area contributed by atoms with Gasteiger partial charge in [0.1, 0.15) is 18.2 Å². The first-order valence-corrected chi connectivity index (χ1v) is 11.0. The zero-order valence-corrected chi connectivity index (χ0v) is 18.4. The van der Waals surface area contributed by atoms with Crippen LogP contribution in [-0.2, 0) is 15.7 Å². The van der Waals surface area contributed by atoms with Crippen LogP contribution in [0, 0.1) is 0 Å². The number of anilines is 1. The minimum Gasteiger partial charge on any atom is -0.454 e. The van der Waals surface area contributed by atoms with E-state index in [1.807, 2.05) is 6.07 Å². The standard InChI is InChI=1S/C22H19F3N6O5/c23-22(24,25)12-2-1-3-13(7-12)26-21(32)27-14-8-33-19-15(9-34-18(14)19)31-20(28-29-30-31)11-4-5-16-17(6-11)36-10-35-16/h1-7,14-15,18-19H,8-10H2,(H2,26,27,32)/t14-,15-,18+,19+/m0/s1. The molecule has 2 fully saturated rings. The SMILES string of the molecule is O=C(Nc1cccc(C(F)(F)F)c1)N[C@H]1CO[C@H]2[C@@H]1OC[C@@H]2n1nnnc1-c1ccc2c(c1)OCO2. The van der Waals surface area contributed by atoms with Crippen LogP contribution in [-0.4, -0.2) is 64.5 Å². The molecule has 0 bridgehead atoms. The number of fused-ring (bicyclic) bond motifs is 2. The number of hydrogen-bond acceptors (Lipinski definition) is 8. The summed E-state index contributed by atoms with van der Waals surface area (Å²) in [7, 11) is 0. The molecule has 0 saturated carbocycles. The Morgan fingerprint density at radius 3 is 2.72 bits per heavy atom. The Morgan fingerprint density at radius 2 is 1.86 bits per heavy atom. The molecule has 2 amide bonds. The van der Waals surface area contributed by atoms with E-state index in [2.05, 4.69) is 26.2 Å². The Kier molecular flexibility index (Phi) is 5.41. The summed E-state index contributed by atoms with van der Waals surface area (Å²) in [6.45, 7) is 0.544. The molecule has 2 saturated heterocycles. The fraction of sp³-hybridized carbons (Fsp3) is 0.364. The van der Waals surface area contributed by atoms with Crippen molar-refractivity contribution in [1.29, 1.82) is 0 Å². The van der Waals surface area contributed by atoms with Crippen LogP contribution in [0.2, 0.25) is 0 Å². The molecule has 0 unspecified atom stereocenters. The zero-order valence-electron chi connectivity index (χ0n) is 18.4. The first-order valence-electron chi connectivity index (χ1n) is 11.0. The summed E-state index contributed by atoms with van der Waals surface area (Å²) in [4.78, 5) is 12.5. The predicted octanol–water partition coefficient (Wildman–Crippen LogP) is 2.62. The van der Waals surface area contributed by atoms with Crippen LogP contribution in [0.25, 0.3) is 11.4 Å².